The average molecular weight is 232 g/mol. The second kappa shape index (κ2) is 4.25. The number of phenolic OH excluding ortho intramolecular Hbond substituents is 1. The fourth-order valence-corrected chi connectivity index (χ4v) is 1.60. The highest BCUT2D eigenvalue weighted by Gasteiger charge is 2.12. The molecule has 0 aliphatic rings. The number of aromatic hydroxyl groups is 1. The number of halogens is 1. The number of benzene rings is 2. The third-order valence-corrected chi connectivity index (χ3v) is 2.41. The first kappa shape index (κ1) is 11.1. The summed E-state index contributed by atoms with van der Waals surface area (Å²) in [7, 11) is 0. The maximum atomic E-state index is 12.9. The summed E-state index contributed by atoms with van der Waals surface area (Å²) in [6.45, 7) is 0. The number of carbonyl (C=O) groups is 1. The number of carboxylic acid groups (broad SMARTS) is 1. The largest absolute Gasteiger partial charge is 0.505 e. The Kier molecular flexibility index (Phi) is 2.78. The Morgan fingerprint density at radius 3 is 2.47 bits per heavy atom. The minimum Gasteiger partial charge on any atom is -0.505 e. The molecule has 0 radical (unpaired) electrons. The predicted octanol–water partition coefficient (Wildman–Crippen LogP) is 2.90. The summed E-state index contributed by atoms with van der Waals surface area (Å²) in [4.78, 5) is 11.0. The van der Waals surface area contributed by atoms with E-state index >= 15 is 0 Å². The van der Waals surface area contributed by atoms with Crippen molar-refractivity contribution in [1.29, 1.82) is 0 Å². The van der Waals surface area contributed by atoms with Crippen molar-refractivity contribution in [1.82, 2.24) is 0 Å². The summed E-state index contributed by atoms with van der Waals surface area (Å²) in [5.74, 6) is -2.30. The Morgan fingerprint density at radius 2 is 1.82 bits per heavy atom. The molecule has 0 aliphatic carbocycles. The zero-order chi connectivity index (χ0) is 12.4. The zero-order valence-electron chi connectivity index (χ0n) is 8.72. The Hall–Kier alpha value is -2.36. The standard InChI is InChI=1S/C13H9FO3/c14-11-6-5-8(7-12(11)15)9-3-1-2-4-10(9)13(16)17/h1-7,15H,(H,16,17). The first-order chi connectivity index (χ1) is 8.09. The van der Waals surface area contributed by atoms with E-state index < -0.39 is 17.5 Å². The minimum absolute atomic E-state index is 0.110. The summed E-state index contributed by atoms with van der Waals surface area (Å²) in [5, 5.41) is 18.3. The van der Waals surface area contributed by atoms with Crippen LogP contribution in [0, 0.1) is 5.82 Å². The summed E-state index contributed by atoms with van der Waals surface area (Å²) in [6, 6.07) is 10.1. The molecule has 0 fully saturated rings. The molecule has 0 aliphatic heterocycles. The smallest absolute Gasteiger partial charge is 0.336 e. The highest BCUT2D eigenvalue weighted by molar-refractivity contribution is 5.96. The van der Waals surface area contributed by atoms with Crippen LogP contribution in [0.25, 0.3) is 11.1 Å². The highest BCUT2D eigenvalue weighted by atomic mass is 19.1. The topological polar surface area (TPSA) is 57.5 Å². The van der Waals surface area contributed by atoms with Crippen molar-refractivity contribution in [2.24, 2.45) is 0 Å². The third kappa shape index (κ3) is 2.10. The van der Waals surface area contributed by atoms with E-state index in [0.29, 0.717) is 11.1 Å². The van der Waals surface area contributed by atoms with Crippen molar-refractivity contribution in [3.8, 4) is 16.9 Å². The second-order valence-corrected chi connectivity index (χ2v) is 3.52. The Labute approximate surface area is 96.8 Å². The lowest BCUT2D eigenvalue weighted by Crippen LogP contribution is -1.98. The van der Waals surface area contributed by atoms with Gasteiger partial charge in [-0.15, -0.1) is 0 Å². The van der Waals surface area contributed by atoms with Crippen LogP contribution in [0.3, 0.4) is 0 Å². The molecule has 0 saturated carbocycles. The highest BCUT2D eigenvalue weighted by Crippen LogP contribution is 2.28. The zero-order valence-corrected chi connectivity index (χ0v) is 8.72. The van der Waals surface area contributed by atoms with Crippen molar-refractivity contribution in [2.75, 3.05) is 0 Å². The molecule has 2 rings (SSSR count). The van der Waals surface area contributed by atoms with Gasteiger partial charge in [0.2, 0.25) is 0 Å². The summed E-state index contributed by atoms with van der Waals surface area (Å²) >= 11 is 0. The van der Waals surface area contributed by atoms with Gasteiger partial charge in [0, 0.05) is 0 Å². The van der Waals surface area contributed by atoms with Gasteiger partial charge in [-0.25, -0.2) is 9.18 Å². The van der Waals surface area contributed by atoms with E-state index in [4.69, 9.17) is 5.11 Å². The SMILES string of the molecule is O=C(O)c1ccccc1-c1ccc(F)c(O)c1. The number of rotatable bonds is 2. The summed E-state index contributed by atoms with van der Waals surface area (Å²) < 4.78 is 12.9. The van der Waals surface area contributed by atoms with Crippen LogP contribution >= 0.6 is 0 Å². The summed E-state index contributed by atoms with van der Waals surface area (Å²) in [5.41, 5.74) is 1.01. The number of hydrogen-bond donors (Lipinski definition) is 2. The number of phenols is 1. The molecule has 0 saturated heterocycles. The van der Waals surface area contributed by atoms with Gasteiger partial charge in [0.05, 0.1) is 5.56 Å². The van der Waals surface area contributed by atoms with Crippen molar-refractivity contribution >= 4 is 5.97 Å². The first-order valence-corrected chi connectivity index (χ1v) is 4.91. The number of hydrogen-bond acceptors (Lipinski definition) is 2. The molecule has 0 atom stereocenters. The molecule has 2 N–H and O–H groups in total. The molecule has 86 valence electrons. The lowest BCUT2D eigenvalue weighted by molar-refractivity contribution is 0.0697. The Balaban J connectivity index is 2.60. The summed E-state index contributed by atoms with van der Waals surface area (Å²) in [6.07, 6.45) is 0. The predicted molar refractivity (Wildman–Crippen MR) is 60.5 cm³/mol. The lowest BCUT2D eigenvalue weighted by atomic mass is 9.99. The average Bonchev–Trinajstić information content (AvgIpc) is 2.32. The maximum absolute atomic E-state index is 12.9. The van der Waals surface area contributed by atoms with E-state index in [0.717, 1.165) is 6.07 Å². The van der Waals surface area contributed by atoms with Gasteiger partial charge in [0.1, 0.15) is 0 Å². The van der Waals surface area contributed by atoms with Crippen LogP contribution in [-0.4, -0.2) is 16.2 Å². The van der Waals surface area contributed by atoms with Crippen LogP contribution in [-0.2, 0) is 0 Å². The van der Waals surface area contributed by atoms with E-state index in [2.05, 4.69) is 0 Å². The van der Waals surface area contributed by atoms with Gasteiger partial charge in [-0.05, 0) is 29.3 Å². The molecule has 3 nitrogen and oxygen atoms in total. The van der Waals surface area contributed by atoms with Crippen LogP contribution in [0.1, 0.15) is 10.4 Å². The van der Waals surface area contributed by atoms with E-state index in [9.17, 15) is 14.3 Å². The molecular formula is C13H9FO3. The van der Waals surface area contributed by atoms with Crippen LogP contribution in [0.5, 0.6) is 5.75 Å². The lowest BCUT2D eigenvalue weighted by Gasteiger charge is -2.06. The fourth-order valence-electron chi connectivity index (χ4n) is 1.60. The molecule has 4 heteroatoms. The van der Waals surface area contributed by atoms with Gasteiger partial charge in [-0.2, -0.15) is 0 Å². The fraction of sp³-hybridized carbons (Fsp3) is 0. The van der Waals surface area contributed by atoms with Crippen LogP contribution < -0.4 is 0 Å². The van der Waals surface area contributed by atoms with Gasteiger partial charge in [0.25, 0.3) is 0 Å². The van der Waals surface area contributed by atoms with E-state index in [1.165, 1.54) is 18.2 Å². The van der Waals surface area contributed by atoms with Crippen molar-refractivity contribution < 1.29 is 19.4 Å². The Morgan fingerprint density at radius 1 is 1.12 bits per heavy atom. The second-order valence-electron chi connectivity index (χ2n) is 3.52. The molecule has 17 heavy (non-hydrogen) atoms. The van der Waals surface area contributed by atoms with Gasteiger partial charge >= 0.3 is 5.97 Å². The van der Waals surface area contributed by atoms with Gasteiger partial charge in [-0.1, -0.05) is 24.3 Å². The van der Waals surface area contributed by atoms with Gasteiger partial charge in [-0.3, -0.25) is 0 Å². The molecule has 0 unspecified atom stereocenters. The first-order valence-electron chi connectivity index (χ1n) is 4.91. The molecule has 2 aromatic carbocycles. The molecule has 0 spiro atoms. The monoisotopic (exact) mass is 232 g/mol. The molecule has 0 amide bonds. The van der Waals surface area contributed by atoms with Crippen molar-refractivity contribution in [2.45, 2.75) is 0 Å². The number of aromatic carboxylic acids is 1. The van der Waals surface area contributed by atoms with Crippen LogP contribution in [0.15, 0.2) is 42.5 Å². The van der Waals surface area contributed by atoms with E-state index in [1.807, 2.05) is 0 Å². The van der Waals surface area contributed by atoms with Crippen LogP contribution in [0.2, 0.25) is 0 Å². The van der Waals surface area contributed by atoms with Crippen LogP contribution in [0.4, 0.5) is 4.39 Å². The minimum atomic E-state index is -1.07. The van der Waals surface area contributed by atoms with Crippen molar-refractivity contribution in [3.05, 3.63) is 53.8 Å². The molecule has 0 bridgehead atoms. The van der Waals surface area contributed by atoms with E-state index in [1.54, 1.807) is 18.2 Å². The van der Waals surface area contributed by atoms with E-state index in [-0.39, 0.29) is 5.56 Å². The number of carboxylic acids is 1. The quantitative estimate of drug-likeness (QED) is 0.836. The third-order valence-electron chi connectivity index (χ3n) is 2.41. The molecule has 0 aromatic heterocycles. The maximum Gasteiger partial charge on any atom is 0.336 e. The molecular weight excluding hydrogens is 223 g/mol. The normalized spacial score (nSPS) is 10.2. The molecule has 0 heterocycles. The molecule has 2 aromatic rings. The van der Waals surface area contributed by atoms with Crippen molar-refractivity contribution in [3.63, 3.8) is 0 Å². The Bertz CT molecular complexity index is 579. The van der Waals surface area contributed by atoms with Gasteiger partial charge in [0.15, 0.2) is 11.6 Å². The van der Waals surface area contributed by atoms with Gasteiger partial charge < -0.3 is 10.2 Å².